The van der Waals surface area contributed by atoms with Gasteiger partial charge in [-0.15, -0.1) is 16.4 Å². The Balaban J connectivity index is 1.63. The number of aromatic nitrogens is 3. The molecule has 3 aromatic rings. The minimum absolute atomic E-state index is 0.152. The highest BCUT2D eigenvalue weighted by Gasteiger charge is 2.32. The van der Waals surface area contributed by atoms with Crippen LogP contribution in [0.1, 0.15) is 88.3 Å². The molecule has 0 radical (unpaired) electrons. The fourth-order valence-electron chi connectivity index (χ4n) is 4.98. The van der Waals surface area contributed by atoms with Crippen molar-refractivity contribution in [2.45, 2.75) is 86.1 Å². The van der Waals surface area contributed by atoms with Crippen LogP contribution in [0.25, 0.3) is 10.2 Å². The highest BCUT2D eigenvalue weighted by molar-refractivity contribution is 7.18. The molecule has 1 atom stereocenters. The van der Waals surface area contributed by atoms with E-state index in [4.69, 9.17) is 0 Å². The van der Waals surface area contributed by atoms with Crippen molar-refractivity contribution in [1.82, 2.24) is 15.0 Å². The third-order valence-electron chi connectivity index (χ3n) is 7.09. The smallest absolute Gasteiger partial charge is 0.279 e. The normalized spacial score (nSPS) is 16.3. The summed E-state index contributed by atoms with van der Waals surface area (Å²) in [4.78, 5) is 28.4. The maximum atomic E-state index is 13.4. The van der Waals surface area contributed by atoms with Crippen LogP contribution in [0.15, 0.2) is 23.0 Å². The molecule has 0 fully saturated rings. The van der Waals surface area contributed by atoms with Crippen LogP contribution >= 0.6 is 11.3 Å². The molecule has 0 saturated carbocycles. The van der Waals surface area contributed by atoms with Crippen molar-refractivity contribution in [3.8, 4) is 0 Å². The third-order valence-corrected chi connectivity index (χ3v) is 8.23. The van der Waals surface area contributed by atoms with Crippen molar-refractivity contribution >= 4 is 33.1 Å². The van der Waals surface area contributed by atoms with Crippen LogP contribution in [0.3, 0.4) is 0 Å². The van der Waals surface area contributed by atoms with Gasteiger partial charge in [-0.05, 0) is 59.1 Å². The molecule has 1 aliphatic rings. The van der Waals surface area contributed by atoms with Crippen molar-refractivity contribution in [2.24, 2.45) is 11.3 Å². The van der Waals surface area contributed by atoms with Gasteiger partial charge in [0, 0.05) is 10.6 Å². The monoisotopic (exact) mass is 480 g/mol. The third kappa shape index (κ3) is 4.67. The molecule has 1 amide bonds. The molecular weight excluding hydrogens is 444 g/mol. The van der Waals surface area contributed by atoms with Gasteiger partial charge in [-0.3, -0.25) is 9.59 Å². The summed E-state index contributed by atoms with van der Waals surface area (Å²) in [5, 5.41) is 12.2. The first-order valence-electron chi connectivity index (χ1n) is 12.3. The summed E-state index contributed by atoms with van der Waals surface area (Å²) in [5.41, 5.74) is 4.16. The maximum absolute atomic E-state index is 13.4. The van der Waals surface area contributed by atoms with Gasteiger partial charge in [0.25, 0.3) is 5.56 Å². The quantitative estimate of drug-likeness (QED) is 0.494. The Morgan fingerprint density at radius 3 is 2.41 bits per heavy atom. The van der Waals surface area contributed by atoms with Gasteiger partial charge in [0.1, 0.15) is 6.54 Å². The zero-order chi connectivity index (χ0) is 24.8. The SMILES string of the molecule is CC(C)c1cccc(C(C)C)c1NC(=O)Cn1nnc2sc3c(c2c1=O)CCC(C(C)(C)C)C3. The number of nitrogens with zero attached hydrogens (tertiary/aromatic N) is 3. The molecule has 1 aliphatic carbocycles. The lowest BCUT2D eigenvalue weighted by molar-refractivity contribution is -0.117. The van der Waals surface area contributed by atoms with E-state index in [-0.39, 0.29) is 35.3 Å². The van der Waals surface area contributed by atoms with E-state index in [1.807, 2.05) is 18.2 Å². The molecule has 2 aromatic heterocycles. The number of para-hydroxylation sites is 1. The largest absolute Gasteiger partial charge is 0.324 e. The minimum Gasteiger partial charge on any atom is -0.324 e. The average molecular weight is 481 g/mol. The molecule has 1 N–H and O–H groups in total. The van der Waals surface area contributed by atoms with Crippen LogP contribution in [0.2, 0.25) is 0 Å². The number of anilines is 1. The summed E-state index contributed by atoms with van der Waals surface area (Å²) >= 11 is 1.59. The summed E-state index contributed by atoms with van der Waals surface area (Å²) in [6.07, 6.45) is 2.92. The van der Waals surface area contributed by atoms with Crippen molar-refractivity contribution in [3.05, 3.63) is 50.1 Å². The average Bonchev–Trinajstić information content (AvgIpc) is 3.13. The summed E-state index contributed by atoms with van der Waals surface area (Å²) in [6.45, 7) is 15.1. The highest BCUT2D eigenvalue weighted by atomic mass is 32.1. The second kappa shape index (κ2) is 9.25. The number of thiophene rings is 1. The molecule has 1 unspecified atom stereocenters. The van der Waals surface area contributed by atoms with Crippen LogP contribution in [0.4, 0.5) is 5.69 Å². The molecule has 6 nitrogen and oxygen atoms in total. The molecule has 4 rings (SSSR count). The van der Waals surface area contributed by atoms with Gasteiger partial charge in [0.2, 0.25) is 5.91 Å². The van der Waals surface area contributed by atoms with Gasteiger partial charge in [0.15, 0.2) is 4.83 Å². The Hall–Kier alpha value is -2.54. The van der Waals surface area contributed by atoms with E-state index in [0.717, 1.165) is 41.6 Å². The van der Waals surface area contributed by atoms with Gasteiger partial charge in [-0.2, -0.15) is 0 Å². The molecule has 7 heteroatoms. The molecular formula is C27H36N4O2S. The number of nitrogens with one attached hydrogen (secondary N) is 1. The number of hydrogen-bond donors (Lipinski definition) is 1. The predicted molar refractivity (Wildman–Crippen MR) is 140 cm³/mol. The van der Waals surface area contributed by atoms with E-state index in [1.54, 1.807) is 11.3 Å². The number of fused-ring (bicyclic) bond motifs is 3. The Kier molecular flexibility index (Phi) is 6.69. The summed E-state index contributed by atoms with van der Waals surface area (Å²) in [7, 11) is 0. The zero-order valence-corrected chi connectivity index (χ0v) is 22.2. The number of hydrogen-bond acceptors (Lipinski definition) is 5. The number of carbonyl (C=O) groups is 1. The van der Waals surface area contributed by atoms with Crippen LogP contribution < -0.4 is 10.9 Å². The Morgan fingerprint density at radius 1 is 1.18 bits per heavy atom. The first kappa shape index (κ1) is 24.6. The molecule has 0 aliphatic heterocycles. The highest BCUT2D eigenvalue weighted by Crippen LogP contribution is 2.41. The number of carbonyl (C=O) groups excluding carboxylic acids is 1. The number of aryl methyl sites for hydroxylation is 1. The number of benzene rings is 1. The molecule has 182 valence electrons. The summed E-state index contributed by atoms with van der Waals surface area (Å²) < 4.78 is 1.22. The lowest BCUT2D eigenvalue weighted by Crippen LogP contribution is -2.31. The lowest BCUT2D eigenvalue weighted by Gasteiger charge is -2.33. The molecule has 1 aromatic carbocycles. The topological polar surface area (TPSA) is 76.9 Å². The second-order valence-electron chi connectivity index (χ2n) is 11.2. The number of rotatable bonds is 5. The van der Waals surface area contributed by atoms with Crippen LogP contribution in [-0.4, -0.2) is 20.9 Å². The van der Waals surface area contributed by atoms with E-state index in [2.05, 4.69) is 64.1 Å². The Bertz CT molecular complexity index is 1250. The molecule has 0 bridgehead atoms. The summed E-state index contributed by atoms with van der Waals surface area (Å²) in [5.74, 6) is 0.858. The predicted octanol–water partition coefficient (Wildman–Crippen LogP) is 5.89. The fourth-order valence-corrected chi connectivity index (χ4v) is 6.21. The Morgan fingerprint density at radius 2 is 1.82 bits per heavy atom. The van der Waals surface area contributed by atoms with Gasteiger partial charge in [-0.1, -0.05) is 71.9 Å². The van der Waals surface area contributed by atoms with Crippen LogP contribution in [0.5, 0.6) is 0 Å². The van der Waals surface area contributed by atoms with E-state index >= 15 is 0 Å². The van der Waals surface area contributed by atoms with E-state index in [9.17, 15) is 9.59 Å². The molecule has 34 heavy (non-hydrogen) atoms. The van der Waals surface area contributed by atoms with Crippen molar-refractivity contribution in [3.63, 3.8) is 0 Å². The van der Waals surface area contributed by atoms with Crippen LogP contribution in [0, 0.1) is 11.3 Å². The maximum Gasteiger partial charge on any atom is 0.279 e. The molecule has 0 spiro atoms. The zero-order valence-electron chi connectivity index (χ0n) is 21.4. The van der Waals surface area contributed by atoms with Gasteiger partial charge >= 0.3 is 0 Å². The first-order chi connectivity index (χ1) is 16.0. The van der Waals surface area contributed by atoms with Gasteiger partial charge < -0.3 is 5.32 Å². The molecule has 0 saturated heterocycles. The first-order valence-corrected chi connectivity index (χ1v) is 13.1. The van der Waals surface area contributed by atoms with Crippen molar-refractivity contribution in [2.75, 3.05) is 5.32 Å². The standard InChI is InChI=1S/C27H36N4O2S/c1-15(2)18-9-8-10-19(16(3)4)24(18)28-22(32)14-31-26(33)23-20-12-11-17(27(5,6)7)13-21(20)34-25(23)29-30-31/h8-10,15-17H,11-14H2,1-7H3,(H,28,32). The van der Waals surface area contributed by atoms with Gasteiger partial charge in [-0.25, -0.2) is 4.68 Å². The summed E-state index contributed by atoms with van der Waals surface area (Å²) in [6, 6.07) is 6.13. The van der Waals surface area contributed by atoms with E-state index in [0.29, 0.717) is 16.1 Å². The van der Waals surface area contributed by atoms with E-state index < -0.39 is 0 Å². The minimum atomic E-state index is -0.261. The van der Waals surface area contributed by atoms with Crippen LogP contribution in [-0.2, 0) is 24.2 Å². The van der Waals surface area contributed by atoms with Gasteiger partial charge in [0.05, 0.1) is 5.39 Å². The second-order valence-corrected chi connectivity index (χ2v) is 12.3. The van der Waals surface area contributed by atoms with Crippen molar-refractivity contribution < 1.29 is 4.79 Å². The molecule has 2 heterocycles. The fraction of sp³-hybridized carbons (Fsp3) is 0.556. The van der Waals surface area contributed by atoms with Crippen molar-refractivity contribution in [1.29, 1.82) is 0 Å². The lowest BCUT2D eigenvalue weighted by atomic mass is 9.72. The number of amides is 1. The Labute approximate surface area is 205 Å². The van der Waals surface area contributed by atoms with E-state index in [1.165, 1.54) is 9.56 Å².